The van der Waals surface area contributed by atoms with Crippen molar-refractivity contribution in [2.24, 2.45) is 11.8 Å². The summed E-state index contributed by atoms with van der Waals surface area (Å²) < 4.78 is 16.8. The third kappa shape index (κ3) is 1.27. The van der Waals surface area contributed by atoms with E-state index in [1.165, 1.54) is 0 Å². The van der Waals surface area contributed by atoms with E-state index in [1.54, 1.807) is 0 Å². The zero-order valence-corrected chi connectivity index (χ0v) is 10.6. The molecule has 1 saturated carbocycles. The van der Waals surface area contributed by atoms with E-state index in [0.29, 0.717) is 6.61 Å². The Kier molecular flexibility index (Phi) is 2.20. The van der Waals surface area contributed by atoms with Gasteiger partial charge in [-0.1, -0.05) is 24.6 Å². The molecule has 17 heavy (non-hydrogen) atoms. The number of esters is 1. The summed E-state index contributed by atoms with van der Waals surface area (Å²) in [4.78, 5) is 12.5. The second-order valence-corrected chi connectivity index (χ2v) is 6.55. The summed E-state index contributed by atoms with van der Waals surface area (Å²) in [5.74, 6) is 0.0249. The third-order valence-electron chi connectivity index (χ3n) is 3.98. The fourth-order valence-electron chi connectivity index (χ4n) is 2.74. The van der Waals surface area contributed by atoms with Crippen molar-refractivity contribution in [1.29, 1.82) is 0 Å². The number of aryl methyl sites for hydroxylation is 1. The van der Waals surface area contributed by atoms with Crippen LogP contribution in [0.5, 0.6) is 0 Å². The summed E-state index contributed by atoms with van der Waals surface area (Å²) in [7, 11) is -1.29. The predicted molar refractivity (Wildman–Crippen MR) is 63.9 cm³/mol. The van der Waals surface area contributed by atoms with Gasteiger partial charge in [-0.25, -0.2) is 0 Å². The van der Waals surface area contributed by atoms with E-state index < -0.39 is 15.5 Å². The summed E-state index contributed by atoms with van der Waals surface area (Å²) in [5.41, 5.74) is 1.12. The van der Waals surface area contributed by atoms with Crippen LogP contribution in [0.1, 0.15) is 12.5 Å². The number of hydrogen-bond donors (Lipinski definition) is 0. The van der Waals surface area contributed by atoms with Crippen LogP contribution in [0.4, 0.5) is 0 Å². The average molecular weight is 250 g/mol. The Morgan fingerprint density at radius 3 is 2.53 bits per heavy atom. The molecule has 3 rings (SSSR count). The number of hydrogen-bond acceptors (Lipinski definition) is 3. The largest absolute Gasteiger partial charge is 0.464 e. The predicted octanol–water partition coefficient (Wildman–Crippen LogP) is 1.66. The van der Waals surface area contributed by atoms with Crippen LogP contribution in [0.15, 0.2) is 29.2 Å². The molecule has 2 fully saturated rings. The molecular formula is C13H14O3S. The molecule has 4 atom stereocenters. The second-order valence-electron chi connectivity index (χ2n) is 4.87. The van der Waals surface area contributed by atoms with Crippen LogP contribution in [0.25, 0.3) is 0 Å². The molecular weight excluding hydrogens is 236 g/mol. The third-order valence-corrected chi connectivity index (χ3v) is 6.13. The lowest BCUT2D eigenvalue weighted by Crippen LogP contribution is -2.29. The van der Waals surface area contributed by atoms with Gasteiger partial charge in [0.25, 0.3) is 0 Å². The van der Waals surface area contributed by atoms with E-state index in [9.17, 15) is 9.00 Å². The van der Waals surface area contributed by atoms with Crippen molar-refractivity contribution < 1.29 is 13.7 Å². The molecule has 0 spiro atoms. The van der Waals surface area contributed by atoms with Crippen LogP contribution >= 0.6 is 0 Å². The molecule has 3 nitrogen and oxygen atoms in total. The number of benzene rings is 1. The molecule has 1 saturated heterocycles. The minimum Gasteiger partial charge on any atom is -0.464 e. The van der Waals surface area contributed by atoms with Crippen molar-refractivity contribution >= 4 is 16.8 Å². The molecule has 2 aliphatic rings. The molecule has 0 radical (unpaired) electrons. The number of ether oxygens (including phenoxy) is 1. The quantitative estimate of drug-likeness (QED) is 0.750. The maximum atomic E-state index is 12.6. The van der Waals surface area contributed by atoms with Crippen molar-refractivity contribution in [2.75, 3.05) is 6.61 Å². The van der Waals surface area contributed by atoms with Crippen LogP contribution in [0.3, 0.4) is 0 Å². The van der Waals surface area contributed by atoms with E-state index in [-0.39, 0.29) is 17.8 Å². The topological polar surface area (TPSA) is 43.4 Å². The van der Waals surface area contributed by atoms with E-state index in [1.807, 2.05) is 38.1 Å². The standard InChI is InChI=1S/C13H14O3S/c1-8-3-5-10(6-4-8)17(15)13-9(2)11(13)7-16-12(13)14/h3-6,9,11H,7H2,1-2H3/t9-,11-,13-,17?/m0/s1. The molecule has 1 aromatic rings. The first-order valence-corrected chi connectivity index (χ1v) is 6.89. The van der Waals surface area contributed by atoms with Crippen LogP contribution in [0, 0.1) is 18.8 Å². The highest BCUT2D eigenvalue weighted by atomic mass is 32.2. The molecule has 90 valence electrons. The molecule has 1 aliphatic heterocycles. The summed E-state index contributed by atoms with van der Waals surface area (Å²) in [5, 5.41) is 0. The number of carbonyl (C=O) groups excluding carboxylic acids is 1. The Bertz CT molecular complexity index is 508. The summed E-state index contributed by atoms with van der Waals surface area (Å²) >= 11 is 0. The average Bonchev–Trinajstić information content (AvgIpc) is 2.74. The molecule has 1 aliphatic carbocycles. The Hall–Kier alpha value is -1.16. The Morgan fingerprint density at radius 1 is 1.35 bits per heavy atom. The number of rotatable bonds is 2. The van der Waals surface area contributed by atoms with E-state index in [2.05, 4.69) is 0 Å². The van der Waals surface area contributed by atoms with Crippen LogP contribution in [0.2, 0.25) is 0 Å². The summed E-state index contributed by atoms with van der Waals surface area (Å²) in [6.07, 6.45) is 0. The van der Waals surface area contributed by atoms with E-state index >= 15 is 0 Å². The van der Waals surface area contributed by atoms with Gasteiger partial charge in [0.15, 0.2) is 4.75 Å². The van der Waals surface area contributed by atoms with Crippen molar-refractivity contribution in [3.05, 3.63) is 29.8 Å². The maximum Gasteiger partial charge on any atom is 0.325 e. The van der Waals surface area contributed by atoms with Gasteiger partial charge in [-0.05, 0) is 25.0 Å². The summed E-state index contributed by atoms with van der Waals surface area (Å²) in [6, 6.07) is 7.53. The SMILES string of the molecule is Cc1ccc(S(=O)[C@]23C(=O)OC[C@H]2[C@@H]3C)cc1. The lowest BCUT2D eigenvalue weighted by Gasteiger charge is -2.11. The van der Waals surface area contributed by atoms with Gasteiger partial charge in [-0.2, -0.15) is 0 Å². The first-order chi connectivity index (χ1) is 8.08. The highest BCUT2D eigenvalue weighted by Crippen LogP contribution is 2.60. The fraction of sp³-hybridized carbons (Fsp3) is 0.462. The van der Waals surface area contributed by atoms with Gasteiger partial charge in [-0.15, -0.1) is 0 Å². The molecule has 0 bridgehead atoms. The van der Waals surface area contributed by atoms with Gasteiger partial charge in [0.2, 0.25) is 0 Å². The summed E-state index contributed by atoms with van der Waals surface area (Å²) in [6.45, 7) is 4.39. The monoisotopic (exact) mass is 250 g/mol. The zero-order chi connectivity index (χ0) is 12.2. The lowest BCUT2D eigenvalue weighted by atomic mass is 10.2. The first-order valence-electron chi connectivity index (χ1n) is 5.74. The zero-order valence-electron chi connectivity index (χ0n) is 9.80. The van der Waals surface area contributed by atoms with Crippen molar-refractivity contribution in [2.45, 2.75) is 23.5 Å². The molecule has 4 heteroatoms. The minimum absolute atomic E-state index is 0.136. The highest BCUT2D eigenvalue weighted by molar-refractivity contribution is 7.87. The molecule has 1 aromatic carbocycles. The molecule has 1 unspecified atom stereocenters. The van der Waals surface area contributed by atoms with Gasteiger partial charge >= 0.3 is 5.97 Å². The second kappa shape index (κ2) is 3.42. The number of cyclic esters (lactones) is 1. The van der Waals surface area contributed by atoms with Gasteiger partial charge < -0.3 is 4.74 Å². The Morgan fingerprint density at radius 2 is 2.00 bits per heavy atom. The lowest BCUT2D eigenvalue weighted by molar-refractivity contribution is -0.140. The maximum absolute atomic E-state index is 12.6. The van der Waals surface area contributed by atoms with Crippen LogP contribution in [-0.4, -0.2) is 21.5 Å². The fourth-order valence-corrected chi connectivity index (χ4v) is 4.70. The number of fused-ring (bicyclic) bond motifs is 1. The minimum atomic E-state index is -1.29. The molecule has 1 heterocycles. The molecule has 0 amide bonds. The number of carbonyl (C=O) groups is 1. The molecule has 0 aromatic heterocycles. The van der Waals surface area contributed by atoms with Crippen molar-refractivity contribution in [3.63, 3.8) is 0 Å². The van der Waals surface area contributed by atoms with Gasteiger partial charge in [0.05, 0.1) is 17.4 Å². The van der Waals surface area contributed by atoms with Gasteiger partial charge in [0.1, 0.15) is 0 Å². The Balaban J connectivity index is 1.98. The van der Waals surface area contributed by atoms with E-state index in [0.717, 1.165) is 10.5 Å². The van der Waals surface area contributed by atoms with Crippen LogP contribution < -0.4 is 0 Å². The normalized spacial score (nSPS) is 36.2. The highest BCUT2D eigenvalue weighted by Gasteiger charge is 2.76. The molecule has 0 N–H and O–H groups in total. The van der Waals surface area contributed by atoms with Crippen molar-refractivity contribution in [1.82, 2.24) is 0 Å². The van der Waals surface area contributed by atoms with Crippen LogP contribution in [-0.2, 0) is 20.3 Å². The Labute approximate surface area is 103 Å². The van der Waals surface area contributed by atoms with E-state index in [4.69, 9.17) is 4.74 Å². The smallest absolute Gasteiger partial charge is 0.325 e. The van der Waals surface area contributed by atoms with Gasteiger partial charge in [0, 0.05) is 10.8 Å². The first kappa shape index (κ1) is 11.0. The van der Waals surface area contributed by atoms with Gasteiger partial charge in [-0.3, -0.25) is 9.00 Å². The van der Waals surface area contributed by atoms with Crippen molar-refractivity contribution in [3.8, 4) is 0 Å².